The van der Waals surface area contributed by atoms with Crippen molar-refractivity contribution in [1.29, 1.82) is 0 Å². The van der Waals surface area contributed by atoms with Crippen molar-refractivity contribution in [2.24, 2.45) is 0 Å². The SMILES string of the molecule is CCOC(=O)c1cc2cc(SC(C)C)ccc2n1Cc1nccs1. The molecule has 6 heteroatoms. The Morgan fingerprint density at radius 1 is 1.38 bits per heavy atom. The zero-order valence-electron chi connectivity index (χ0n) is 14.0. The van der Waals surface area contributed by atoms with E-state index in [4.69, 9.17) is 4.74 Å². The summed E-state index contributed by atoms with van der Waals surface area (Å²) in [6.45, 7) is 7.11. The number of fused-ring (bicyclic) bond motifs is 1. The average Bonchev–Trinajstić information content (AvgIpc) is 3.15. The summed E-state index contributed by atoms with van der Waals surface area (Å²) in [6.07, 6.45) is 1.78. The van der Waals surface area contributed by atoms with Crippen LogP contribution in [-0.4, -0.2) is 27.4 Å². The topological polar surface area (TPSA) is 44.1 Å². The van der Waals surface area contributed by atoms with Crippen LogP contribution in [0.4, 0.5) is 0 Å². The van der Waals surface area contributed by atoms with Gasteiger partial charge in [0.05, 0.1) is 13.2 Å². The Labute approximate surface area is 149 Å². The Balaban J connectivity index is 2.06. The van der Waals surface area contributed by atoms with E-state index >= 15 is 0 Å². The normalized spacial score (nSPS) is 11.3. The molecule has 126 valence electrons. The maximum Gasteiger partial charge on any atom is 0.354 e. The molecule has 0 unspecified atom stereocenters. The minimum atomic E-state index is -0.289. The minimum absolute atomic E-state index is 0.289. The van der Waals surface area contributed by atoms with Crippen molar-refractivity contribution >= 4 is 40.0 Å². The highest BCUT2D eigenvalue weighted by Gasteiger charge is 2.18. The fraction of sp³-hybridized carbons (Fsp3) is 0.333. The Hall–Kier alpha value is -1.79. The third-order valence-electron chi connectivity index (χ3n) is 3.51. The maximum atomic E-state index is 12.4. The molecule has 0 bridgehead atoms. The second-order valence-corrected chi connectivity index (χ2v) is 8.28. The summed E-state index contributed by atoms with van der Waals surface area (Å²) in [4.78, 5) is 17.9. The van der Waals surface area contributed by atoms with Gasteiger partial charge in [0.25, 0.3) is 0 Å². The zero-order chi connectivity index (χ0) is 17.1. The molecule has 0 spiro atoms. The monoisotopic (exact) mass is 360 g/mol. The van der Waals surface area contributed by atoms with Gasteiger partial charge in [-0.3, -0.25) is 0 Å². The van der Waals surface area contributed by atoms with Crippen LogP contribution in [-0.2, 0) is 11.3 Å². The van der Waals surface area contributed by atoms with Crippen LogP contribution in [0.1, 0.15) is 36.3 Å². The third kappa shape index (κ3) is 3.65. The smallest absolute Gasteiger partial charge is 0.354 e. The van der Waals surface area contributed by atoms with Gasteiger partial charge in [0.2, 0.25) is 0 Å². The first-order valence-corrected chi connectivity index (χ1v) is 9.70. The van der Waals surface area contributed by atoms with E-state index in [1.54, 1.807) is 17.5 Å². The van der Waals surface area contributed by atoms with E-state index in [2.05, 4.69) is 37.0 Å². The molecule has 3 rings (SSSR count). The molecular weight excluding hydrogens is 340 g/mol. The second kappa shape index (κ2) is 7.40. The molecule has 4 nitrogen and oxygen atoms in total. The van der Waals surface area contributed by atoms with E-state index < -0.39 is 0 Å². The fourth-order valence-electron chi connectivity index (χ4n) is 2.61. The van der Waals surface area contributed by atoms with Gasteiger partial charge in [0, 0.05) is 32.6 Å². The predicted octanol–water partition coefficient (Wildman–Crippen LogP) is 4.82. The van der Waals surface area contributed by atoms with E-state index in [0.29, 0.717) is 24.1 Å². The number of hydrogen-bond donors (Lipinski definition) is 0. The predicted molar refractivity (Wildman–Crippen MR) is 100 cm³/mol. The maximum absolute atomic E-state index is 12.4. The van der Waals surface area contributed by atoms with Gasteiger partial charge in [0.15, 0.2) is 0 Å². The number of benzene rings is 1. The van der Waals surface area contributed by atoms with Gasteiger partial charge in [0.1, 0.15) is 10.7 Å². The first-order valence-electron chi connectivity index (χ1n) is 7.94. The van der Waals surface area contributed by atoms with Crippen molar-refractivity contribution < 1.29 is 9.53 Å². The number of carbonyl (C=O) groups excluding carboxylic acids is 1. The number of nitrogens with zero attached hydrogens (tertiary/aromatic N) is 2. The molecule has 0 amide bonds. The molecule has 0 N–H and O–H groups in total. The summed E-state index contributed by atoms with van der Waals surface area (Å²) < 4.78 is 7.23. The van der Waals surface area contributed by atoms with Crippen LogP contribution in [0.3, 0.4) is 0 Å². The highest BCUT2D eigenvalue weighted by Crippen LogP contribution is 2.29. The Morgan fingerprint density at radius 3 is 2.88 bits per heavy atom. The van der Waals surface area contributed by atoms with Gasteiger partial charge < -0.3 is 9.30 Å². The lowest BCUT2D eigenvalue weighted by atomic mass is 10.2. The number of ether oxygens (including phenoxy) is 1. The lowest BCUT2D eigenvalue weighted by Crippen LogP contribution is -2.12. The molecule has 0 aliphatic heterocycles. The Morgan fingerprint density at radius 2 is 2.21 bits per heavy atom. The molecule has 2 aromatic heterocycles. The van der Waals surface area contributed by atoms with Crippen molar-refractivity contribution in [2.75, 3.05) is 6.61 Å². The molecule has 0 aliphatic rings. The number of thiazole rings is 1. The number of rotatable bonds is 6. The molecule has 0 atom stereocenters. The summed E-state index contributed by atoms with van der Waals surface area (Å²) in [5.41, 5.74) is 1.61. The highest BCUT2D eigenvalue weighted by atomic mass is 32.2. The summed E-state index contributed by atoms with van der Waals surface area (Å²) >= 11 is 3.40. The van der Waals surface area contributed by atoms with Gasteiger partial charge >= 0.3 is 5.97 Å². The molecule has 0 aliphatic carbocycles. The van der Waals surface area contributed by atoms with Crippen molar-refractivity contribution in [3.05, 3.63) is 46.5 Å². The van der Waals surface area contributed by atoms with Crippen LogP contribution in [0.2, 0.25) is 0 Å². The first-order chi connectivity index (χ1) is 11.6. The number of thioether (sulfide) groups is 1. The minimum Gasteiger partial charge on any atom is -0.461 e. The number of hydrogen-bond acceptors (Lipinski definition) is 5. The van der Waals surface area contributed by atoms with Crippen LogP contribution >= 0.6 is 23.1 Å². The van der Waals surface area contributed by atoms with Gasteiger partial charge in [-0.05, 0) is 31.2 Å². The summed E-state index contributed by atoms with van der Waals surface area (Å²) in [7, 11) is 0. The van der Waals surface area contributed by atoms with Crippen LogP contribution in [0.15, 0.2) is 40.7 Å². The van der Waals surface area contributed by atoms with E-state index in [1.165, 1.54) is 4.90 Å². The average molecular weight is 361 g/mol. The van der Waals surface area contributed by atoms with E-state index in [9.17, 15) is 4.79 Å². The number of aromatic nitrogens is 2. The molecule has 3 aromatic rings. The van der Waals surface area contributed by atoms with E-state index in [1.807, 2.05) is 34.7 Å². The third-order valence-corrected chi connectivity index (χ3v) is 5.27. The van der Waals surface area contributed by atoms with Crippen LogP contribution in [0.5, 0.6) is 0 Å². The number of esters is 1. The molecule has 2 heterocycles. The summed E-state index contributed by atoms with van der Waals surface area (Å²) in [5, 5.41) is 4.49. The van der Waals surface area contributed by atoms with Crippen LogP contribution in [0.25, 0.3) is 10.9 Å². The molecular formula is C18H20N2O2S2. The van der Waals surface area contributed by atoms with Gasteiger partial charge in [-0.25, -0.2) is 9.78 Å². The quantitative estimate of drug-likeness (QED) is 0.467. The number of carbonyl (C=O) groups is 1. The highest BCUT2D eigenvalue weighted by molar-refractivity contribution is 7.99. The molecule has 0 saturated carbocycles. The van der Waals surface area contributed by atoms with Crippen molar-refractivity contribution in [3.63, 3.8) is 0 Å². The van der Waals surface area contributed by atoms with E-state index in [0.717, 1.165) is 15.9 Å². The van der Waals surface area contributed by atoms with Gasteiger partial charge in [-0.1, -0.05) is 13.8 Å². The van der Waals surface area contributed by atoms with Gasteiger partial charge in [-0.15, -0.1) is 23.1 Å². The van der Waals surface area contributed by atoms with Crippen molar-refractivity contribution in [2.45, 2.75) is 37.5 Å². The molecule has 24 heavy (non-hydrogen) atoms. The lowest BCUT2D eigenvalue weighted by Gasteiger charge is -2.09. The Bertz CT molecular complexity index is 838. The molecule has 0 fully saturated rings. The van der Waals surface area contributed by atoms with Crippen LogP contribution in [0, 0.1) is 0 Å². The molecule has 0 radical (unpaired) electrons. The second-order valence-electron chi connectivity index (χ2n) is 5.65. The van der Waals surface area contributed by atoms with Gasteiger partial charge in [-0.2, -0.15) is 0 Å². The largest absolute Gasteiger partial charge is 0.461 e. The van der Waals surface area contributed by atoms with Crippen LogP contribution < -0.4 is 0 Å². The fourth-order valence-corrected chi connectivity index (χ4v) is 4.10. The first kappa shape index (κ1) is 17.0. The lowest BCUT2D eigenvalue weighted by molar-refractivity contribution is 0.0515. The molecule has 0 saturated heterocycles. The summed E-state index contributed by atoms with van der Waals surface area (Å²) in [6, 6.07) is 8.25. The zero-order valence-corrected chi connectivity index (χ0v) is 15.6. The summed E-state index contributed by atoms with van der Waals surface area (Å²) in [5.74, 6) is -0.289. The Kier molecular flexibility index (Phi) is 5.26. The van der Waals surface area contributed by atoms with Crippen molar-refractivity contribution in [1.82, 2.24) is 9.55 Å². The standard InChI is InChI=1S/C18H20N2O2S2/c1-4-22-18(21)16-10-13-9-14(24-12(2)3)5-6-15(13)20(16)11-17-19-7-8-23-17/h5-10,12H,4,11H2,1-3H3. The van der Waals surface area contributed by atoms with Crippen molar-refractivity contribution in [3.8, 4) is 0 Å². The van der Waals surface area contributed by atoms with E-state index in [-0.39, 0.29) is 5.97 Å². The molecule has 1 aromatic carbocycles.